The molecule has 1 amide bonds. The number of aliphatic imine (C=N–C) groups is 1. The second kappa shape index (κ2) is 12.8. The van der Waals surface area contributed by atoms with Gasteiger partial charge in [-0.25, -0.2) is 4.99 Å². The van der Waals surface area contributed by atoms with Crippen molar-refractivity contribution in [2.75, 3.05) is 6.61 Å². The molecule has 0 fully saturated rings. The number of carbonyl (C=O) groups is 1. The summed E-state index contributed by atoms with van der Waals surface area (Å²) in [5, 5.41) is 3.78. The summed E-state index contributed by atoms with van der Waals surface area (Å²) >= 11 is 1.64. The van der Waals surface area contributed by atoms with Crippen LogP contribution in [0.15, 0.2) is 76.3 Å². The molecule has 0 aliphatic heterocycles. The molecule has 2 heterocycles. The summed E-state index contributed by atoms with van der Waals surface area (Å²) in [4.78, 5) is 19.6. The van der Waals surface area contributed by atoms with E-state index in [2.05, 4.69) is 26.1 Å². The van der Waals surface area contributed by atoms with Gasteiger partial charge in [-0.3, -0.25) is 4.79 Å². The van der Waals surface area contributed by atoms with Gasteiger partial charge in [-0.1, -0.05) is 51.1 Å². The van der Waals surface area contributed by atoms with Crippen LogP contribution in [0.2, 0.25) is 0 Å². The quantitative estimate of drug-likeness (QED) is 0.195. The molecule has 1 aliphatic rings. The zero-order valence-electron chi connectivity index (χ0n) is 24.2. The minimum atomic E-state index is -0.111. The van der Waals surface area contributed by atoms with Crippen LogP contribution in [-0.2, 0) is 26.0 Å². The molecular formula is C34H38N2O4S. The van der Waals surface area contributed by atoms with Crippen LogP contribution in [-0.4, -0.2) is 18.7 Å². The fraction of sp³-hybridized carbons (Fsp3) is 0.353. The lowest BCUT2D eigenvalue weighted by Gasteiger charge is -2.33. The largest absolute Gasteiger partial charge is 0.490 e. The van der Waals surface area contributed by atoms with E-state index in [9.17, 15) is 4.79 Å². The monoisotopic (exact) mass is 570 g/mol. The van der Waals surface area contributed by atoms with E-state index in [0.29, 0.717) is 42.7 Å². The van der Waals surface area contributed by atoms with Crippen molar-refractivity contribution in [1.29, 1.82) is 0 Å². The number of nitrogens with zero attached hydrogens (tertiary/aromatic N) is 1. The number of rotatable bonds is 10. The molecular weight excluding hydrogens is 532 g/mol. The third kappa shape index (κ3) is 7.09. The molecule has 0 unspecified atom stereocenters. The number of carbonyl (C=O) groups excluding carboxylic acids is 1. The highest BCUT2D eigenvalue weighted by molar-refractivity contribution is 7.16. The number of thiophene rings is 1. The summed E-state index contributed by atoms with van der Waals surface area (Å²) in [5.41, 5.74) is 4.01. The van der Waals surface area contributed by atoms with E-state index < -0.39 is 0 Å². The highest BCUT2D eigenvalue weighted by Gasteiger charge is 2.33. The number of hydrogen-bond acceptors (Lipinski definition) is 6. The lowest BCUT2D eigenvalue weighted by Crippen LogP contribution is -2.28. The van der Waals surface area contributed by atoms with Crippen LogP contribution in [0.4, 0.5) is 5.00 Å². The Morgan fingerprint density at radius 3 is 2.66 bits per heavy atom. The van der Waals surface area contributed by atoms with E-state index in [1.807, 2.05) is 73.8 Å². The number of fused-ring (bicyclic) bond motifs is 1. The van der Waals surface area contributed by atoms with Crippen molar-refractivity contribution in [3.05, 3.63) is 99.8 Å². The fourth-order valence-corrected chi connectivity index (χ4v) is 6.43. The highest BCUT2D eigenvalue weighted by Crippen LogP contribution is 2.45. The molecule has 0 saturated heterocycles. The van der Waals surface area contributed by atoms with Crippen molar-refractivity contribution in [3.8, 4) is 11.5 Å². The molecule has 0 spiro atoms. The minimum Gasteiger partial charge on any atom is -0.490 e. The number of ether oxygens (including phenoxy) is 2. The van der Waals surface area contributed by atoms with Gasteiger partial charge in [0.15, 0.2) is 11.5 Å². The Labute approximate surface area is 246 Å². The number of nitrogens with one attached hydrogen (secondary N) is 1. The average Bonchev–Trinajstić information content (AvgIpc) is 3.62. The minimum absolute atomic E-state index is 0.111. The predicted molar refractivity (Wildman–Crippen MR) is 165 cm³/mol. The van der Waals surface area contributed by atoms with Crippen molar-refractivity contribution >= 4 is 28.5 Å². The van der Waals surface area contributed by atoms with E-state index in [1.165, 1.54) is 4.88 Å². The van der Waals surface area contributed by atoms with Gasteiger partial charge >= 0.3 is 0 Å². The first-order chi connectivity index (χ1) is 19.8. The normalized spacial score (nSPS) is 15.1. The number of amides is 1. The highest BCUT2D eigenvalue weighted by atomic mass is 32.1. The van der Waals surface area contributed by atoms with Gasteiger partial charge in [-0.2, -0.15) is 0 Å². The summed E-state index contributed by atoms with van der Waals surface area (Å²) in [5.74, 6) is 2.54. The van der Waals surface area contributed by atoms with E-state index >= 15 is 0 Å². The summed E-state index contributed by atoms with van der Waals surface area (Å²) in [6, 6.07) is 19.6. The van der Waals surface area contributed by atoms with Crippen LogP contribution < -0.4 is 14.8 Å². The van der Waals surface area contributed by atoms with Gasteiger partial charge in [0.1, 0.15) is 17.4 Å². The lowest BCUT2D eigenvalue weighted by atomic mass is 9.72. The molecule has 41 heavy (non-hydrogen) atoms. The Balaban J connectivity index is 1.40. The van der Waals surface area contributed by atoms with E-state index in [0.717, 1.165) is 46.7 Å². The SMILES string of the molecule is CCOc1cc(C=Nc2sc3c(c2C(=O)NCc2ccco2)CC[C@@H](C(C)(C)C)C3)ccc1OCc1ccccc1. The summed E-state index contributed by atoms with van der Waals surface area (Å²) in [7, 11) is 0. The molecule has 0 radical (unpaired) electrons. The first-order valence-corrected chi connectivity index (χ1v) is 15.1. The van der Waals surface area contributed by atoms with Crippen molar-refractivity contribution in [2.45, 2.75) is 60.1 Å². The van der Waals surface area contributed by atoms with Gasteiger partial charge < -0.3 is 19.2 Å². The van der Waals surface area contributed by atoms with Gasteiger partial charge in [-0.15, -0.1) is 11.3 Å². The van der Waals surface area contributed by atoms with Crippen LogP contribution in [0.3, 0.4) is 0 Å². The van der Waals surface area contributed by atoms with Crippen LogP contribution in [0, 0.1) is 11.3 Å². The Hall–Kier alpha value is -3.84. The predicted octanol–water partition coefficient (Wildman–Crippen LogP) is 8.15. The first kappa shape index (κ1) is 28.7. The summed E-state index contributed by atoms with van der Waals surface area (Å²) in [6.07, 6.45) is 6.35. The van der Waals surface area contributed by atoms with Crippen LogP contribution in [0.5, 0.6) is 11.5 Å². The number of furan rings is 1. The molecule has 2 aromatic heterocycles. The first-order valence-electron chi connectivity index (χ1n) is 14.2. The smallest absolute Gasteiger partial charge is 0.255 e. The maximum Gasteiger partial charge on any atom is 0.255 e. The molecule has 1 atom stereocenters. The van der Waals surface area contributed by atoms with E-state index in [1.54, 1.807) is 17.6 Å². The molecule has 1 aliphatic carbocycles. The van der Waals surface area contributed by atoms with Gasteiger partial charge in [0.05, 0.1) is 25.0 Å². The van der Waals surface area contributed by atoms with Gasteiger partial charge in [0.25, 0.3) is 5.91 Å². The Bertz CT molecular complexity index is 1480. The third-order valence-electron chi connectivity index (χ3n) is 7.54. The molecule has 1 N–H and O–H groups in total. The van der Waals surface area contributed by atoms with Crippen LogP contribution in [0.1, 0.15) is 71.8 Å². The fourth-order valence-electron chi connectivity index (χ4n) is 5.17. The zero-order valence-corrected chi connectivity index (χ0v) is 25.1. The van der Waals surface area contributed by atoms with Crippen molar-refractivity contribution in [1.82, 2.24) is 5.32 Å². The van der Waals surface area contributed by atoms with Gasteiger partial charge in [0.2, 0.25) is 0 Å². The molecule has 7 heteroatoms. The topological polar surface area (TPSA) is 73.1 Å². The Morgan fingerprint density at radius 1 is 1.10 bits per heavy atom. The second-order valence-electron chi connectivity index (χ2n) is 11.4. The standard InChI is InChI=1S/C34H38N2O4S/c1-5-38-29-18-24(13-16-28(29)40-22-23-10-7-6-8-11-23)20-36-33-31(32(37)35-21-26-12-9-17-39-26)27-15-14-25(34(2,3)4)19-30(27)41-33/h6-13,16-18,20,25H,5,14-15,19,21-22H2,1-4H3,(H,35,37)/t25-/m1/s1. The molecule has 214 valence electrons. The Morgan fingerprint density at radius 2 is 1.93 bits per heavy atom. The molecule has 6 nitrogen and oxygen atoms in total. The summed E-state index contributed by atoms with van der Waals surface area (Å²) < 4.78 is 17.4. The van der Waals surface area contributed by atoms with Crippen molar-refractivity contribution in [2.24, 2.45) is 16.3 Å². The lowest BCUT2D eigenvalue weighted by molar-refractivity contribution is 0.0947. The van der Waals surface area contributed by atoms with Crippen LogP contribution in [0.25, 0.3) is 0 Å². The van der Waals surface area contributed by atoms with E-state index in [4.69, 9.17) is 18.9 Å². The molecule has 0 bridgehead atoms. The molecule has 5 rings (SSSR count). The zero-order chi connectivity index (χ0) is 28.8. The van der Waals surface area contributed by atoms with Crippen LogP contribution >= 0.6 is 11.3 Å². The number of hydrogen-bond donors (Lipinski definition) is 1. The molecule has 4 aromatic rings. The average molecular weight is 571 g/mol. The van der Waals surface area contributed by atoms with Gasteiger partial charge in [0, 0.05) is 11.1 Å². The second-order valence-corrected chi connectivity index (χ2v) is 12.5. The third-order valence-corrected chi connectivity index (χ3v) is 8.70. The number of benzene rings is 2. The summed E-state index contributed by atoms with van der Waals surface area (Å²) in [6.45, 7) is 10.2. The van der Waals surface area contributed by atoms with Crippen molar-refractivity contribution in [3.63, 3.8) is 0 Å². The molecule has 2 aromatic carbocycles. The molecule has 0 saturated carbocycles. The maximum atomic E-state index is 13.5. The van der Waals surface area contributed by atoms with E-state index in [-0.39, 0.29) is 11.3 Å². The van der Waals surface area contributed by atoms with Crippen molar-refractivity contribution < 1.29 is 18.7 Å². The Kier molecular flexibility index (Phi) is 8.93. The maximum absolute atomic E-state index is 13.5. The van der Waals surface area contributed by atoms with Gasteiger partial charge in [-0.05, 0) is 84.5 Å².